The van der Waals surface area contributed by atoms with Gasteiger partial charge in [0.25, 0.3) is 0 Å². The molecule has 1 saturated heterocycles. The summed E-state index contributed by atoms with van der Waals surface area (Å²) in [5, 5.41) is 0. The molecule has 2 bridgehead atoms. The average molecular weight is 285 g/mol. The van der Waals surface area contributed by atoms with E-state index in [1.165, 1.54) is 6.42 Å². The van der Waals surface area contributed by atoms with Gasteiger partial charge < -0.3 is 9.64 Å². The zero-order valence-corrected chi connectivity index (χ0v) is 11.9. The first-order valence-corrected chi connectivity index (χ1v) is 7.69. The maximum atomic E-state index is 12.6. The number of fused-ring (bicyclic) bond motifs is 2. The maximum Gasteiger partial charge on any atom is 0.232 e. The first kappa shape index (κ1) is 12.8. The molecular weight excluding hydrogens is 266 g/mol. The summed E-state index contributed by atoms with van der Waals surface area (Å²) in [7, 11) is 0. The van der Waals surface area contributed by atoms with Crippen LogP contribution in [0.3, 0.4) is 0 Å². The standard InChI is InChI=1S/C16H19N3O2/c20-16(14-8-11-1-2-12(14)7-11)19-6-3-13(10-19)21-15-9-17-4-5-18-15/h1-2,4-5,9,11-14H,3,6-8,10H2. The van der Waals surface area contributed by atoms with Gasteiger partial charge in [-0.25, -0.2) is 4.98 Å². The molecule has 2 heterocycles. The largest absolute Gasteiger partial charge is 0.471 e. The number of allylic oxidation sites excluding steroid dienone is 2. The monoisotopic (exact) mass is 285 g/mol. The van der Waals surface area contributed by atoms with Crippen LogP contribution in [0.25, 0.3) is 0 Å². The van der Waals surface area contributed by atoms with Gasteiger partial charge in [0.1, 0.15) is 6.10 Å². The van der Waals surface area contributed by atoms with Gasteiger partial charge in [0.15, 0.2) is 0 Å². The first-order valence-electron chi connectivity index (χ1n) is 7.69. The van der Waals surface area contributed by atoms with Crippen molar-refractivity contribution in [1.29, 1.82) is 0 Å². The summed E-state index contributed by atoms with van der Waals surface area (Å²) in [5.74, 6) is 2.17. The zero-order valence-electron chi connectivity index (χ0n) is 11.9. The van der Waals surface area contributed by atoms with Crippen molar-refractivity contribution in [3.8, 4) is 5.88 Å². The summed E-state index contributed by atoms with van der Waals surface area (Å²) in [6, 6.07) is 0. The SMILES string of the molecule is O=C(C1CC2C=CC1C2)N1CCC(Oc2cnccn2)C1. The van der Waals surface area contributed by atoms with Crippen molar-refractivity contribution in [3.63, 3.8) is 0 Å². The molecule has 110 valence electrons. The van der Waals surface area contributed by atoms with Crippen LogP contribution < -0.4 is 4.74 Å². The van der Waals surface area contributed by atoms with Crippen molar-refractivity contribution in [2.75, 3.05) is 13.1 Å². The molecule has 5 nitrogen and oxygen atoms in total. The number of nitrogens with zero attached hydrogens (tertiary/aromatic N) is 3. The first-order chi connectivity index (χ1) is 10.3. The quantitative estimate of drug-likeness (QED) is 0.793. The lowest BCUT2D eigenvalue weighted by molar-refractivity contribution is -0.135. The summed E-state index contributed by atoms with van der Waals surface area (Å²) < 4.78 is 5.80. The fourth-order valence-corrected chi connectivity index (χ4v) is 3.84. The summed E-state index contributed by atoms with van der Waals surface area (Å²) in [6.45, 7) is 1.47. The molecule has 4 unspecified atom stereocenters. The molecule has 4 atom stereocenters. The van der Waals surface area contributed by atoms with E-state index in [0.29, 0.717) is 30.2 Å². The van der Waals surface area contributed by atoms with Crippen molar-refractivity contribution in [2.24, 2.45) is 17.8 Å². The summed E-state index contributed by atoms with van der Waals surface area (Å²) in [5.41, 5.74) is 0. The van der Waals surface area contributed by atoms with Crippen LogP contribution in [0.15, 0.2) is 30.7 Å². The van der Waals surface area contributed by atoms with Crippen LogP contribution in [0.4, 0.5) is 0 Å². The number of carbonyl (C=O) groups is 1. The molecule has 1 saturated carbocycles. The second-order valence-electron chi connectivity index (χ2n) is 6.24. The van der Waals surface area contributed by atoms with E-state index in [0.717, 1.165) is 19.4 Å². The van der Waals surface area contributed by atoms with Gasteiger partial charge in [-0.15, -0.1) is 0 Å². The van der Waals surface area contributed by atoms with Crippen molar-refractivity contribution in [2.45, 2.75) is 25.4 Å². The van der Waals surface area contributed by atoms with E-state index in [4.69, 9.17) is 4.74 Å². The van der Waals surface area contributed by atoms with Crippen molar-refractivity contribution in [1.82, 2.24) is 14.9 Å². The van der Waals surface area contributed by atoms with Crippen LogP contribution in [-0.4, -0.2) is 40.0 Å². The second kappa shape index (κ2) is 5.13. The van der Waals surface area contributed by atoms with Gasteiger partial charge in [-0.05, 0) is 24.7 Å². The van der Waals surface area contributed by atoms with E-state index in [1.807, 2.05) is 4.90 Å². The molecule has 1 amide bonds. The van der Waals surface area contributed by atoms with Crippen LogP contribution >= 0.6 is 0 Å². The number of likely N-dealkylation sites (tertiary alicyclic amines) is 1. The average Bonchev–Trinajstić information content (AvgIpc) is 3.24. The Bertz CT molecular complexity index is 560. The van der Waals surface area contributed by atoms with E-state index >= 15 is 0 Å². The second-order valence-corrected chi connectivity index (χ2v) is 6.24. The van der Waals surface area contributed by atoms with Crippen LogP contribution in [0.5, 0.6) is 5.88 Å². The van der Waals surface area contributed by atoms with Crippen LogP contribution in [0, 0.1) is 17.8 Å². The smallest absolute Gasteiger partial charge is 0.232 e. The molecule has 5 heteroatoms. The Hall–Kier alpha value is -1.91. The zero-order chi connectivity index (χ0) is 14.2. The van der Waals surface area contributed by atoms with Gasteiger partial charge >= 0.3 is 0 Å². The van der Waals surface area contributed by atoms with Crippen molar-refractivity contribution < 1.29 is 9.53 Å². The lowest BCUT2D eigenvalue weighted by atomic mass is 9.92. The summed E-state index contributed by atoms with van der Waals surface area (Å²) in [4.78, 5) is 22.7. The van der Waals surface area contributed by atoms with Crippen LogP contribution in [0.2, 0.25) is 0 Å². The minimum absolute atomic E-state index is 0.0415. The Morgan fingerprint density at radius 2 is 2.24 bits per heavy atom. The van der Waals surface area contributed by atoms with E-state index < -0.39 is 0 Å². The molecule has 0 radical (unpaired) electrons. The molecule has 0 aromatic carbocycles. The third kappa shape index (κ3) is 2.41. The molecule has 0 spiro atoms. The lowest BCUT2D eigenvalue weighted by Gasteiger charge is -2.24. The lowest BCUT2D eigenvalue weighted by Crippen LogP contribution is -2.37. The molecule has 1 aliphatic heterocycles. The topological polar surface area (TPSA) is 55.3 Å². The van der Waals surface area contributed by atoms with Crippen LogP contribution in [0.1, 0.15) is 19.3 Å². The van der Waals surface area contributed by atoms with Crippen molar-refractivity contribution >= 4 is 5.91 Å². The fraction of sp³-hybridized carbons (Fsp3) is 0.562. The molecule has 2 fully saturated rings. The molecular formula is C16H19N3O2. The van der Waals surface area contributed by atoms with Gasteiger partial charge in [-0.1, -0.05) is 12.2 Å². The minimum atomic E-state index is 0.0415. The number of aromatic nitrogens is 2. The highest BCUT2D eigenvalue weighted by atomic mass is 16.5. The number of hydrogen-bond donors (Lipinski definition) is 0. The maximum absolute atomic E-state index is 12.6. The minimum Gasteiger partial charge on any atom is -0.471 e. The van der Waals surface area contributed by atoms with Gasteiger partial charge in [0, 0.05) is 31.3 Å². The molecule has 3 aliphatic rings. The van der Waals surface area contributed by atoms with Gasteiger partial charge in [-0.3, -0.25) is 9.78 Å². The normalized spacial score (nSPS) is 33.6. The third-order valence-corrected chi connectivity index (χ3v) is 4.88. The Balaban J connectivity index is 1.36. The number of rotatable bonds is 3. The highest BCUT2D eigenvalue weighted by molar-refractivity contribution is 5.80. The Morgan fingerprint density at radius 3 is 2.95 bits per heavy atom. The molecule has 21 heavy (non-hydrogen) atoms. The van der Waals surface area contributed by atoms with Gasteiger partial charge in [0.2, 0.25) is 11.8 Å². The molecule has 1 aromatic heterocycles. The Kier molecular flexibility index (Phi) is 3.13. The summed E-state index contributed by atoms with van der Waals surface area (Å²) >= 11 is 0. The highest BCUT2D eigenvalue weighted by Gasteiger charge is 2.42. The Labute approximate surface area is 124 Å². The van der Waals surface area contributed by atoms with Crippen LogP contribution in [-0.2, 0) is 4.79 Å². The predicted octanol–water partition coefficient (Wildman–Crippen LogP) is 1.67. The van der Waals surface area contributed by atoms with Gasteiger partial charge in [0.05, 0.1) is 12.7 Å². The van der Waals surface area contributed by atoms with E-state index in [-0.39, 0.29) is 12.0 Å². The van der Waals surface area contributed by atoms with Gasteiger partial charge in [-0.2, -0.15) is 0 Å². The predicted molar refractivity (Wildman–Crippen MR) is 76.5 cm³/mol. The number of carbonyl (C=O) groups excluding carboxylic acids is 1. The van der Waals surface area contributed by atoms with E-state index in [2.05, 4.69) is 22.1 Å². The third-order valence-electron chi connectivity index (χ3n) is 4.88. The van der Waals surface area contributed by atoms with Crippen molar-refractivity contribution in [3.05, 3.63) is 30.7 Å². The molecule has 2 aliphatic carbocycles. The summed E-state index contributed by atoms with van der Waals surface area (Å²) in [6.07, 6.45) is 12.5. The molecule has 0 N–H and O–H groups in total. The van der Waals surface area contributed by atoms with E-state index in [9.17, 15) is 4.79 Å². The number of hydrogen-bond acceptors (Lipinski definition) is 4. The molecule has 1 aromatic rings. The van der Waals surface area contributed by atoms with E-state index in [1.54, 1.807) is 18.6 Å². The Morgan fingerprint density at radius 1 is 1.29 bits per heavy atom. The molecule has 4 rings (SSSR count). The number of ether oxygens (including phenoxy) is 1. The number of amides is 1. The fourth-order valence-electron chi connectivity index (χ4n) is 3.84. The highest BCUT2D eigenvalue weighted by Crippen LogP contribution is 2.44.